The van der Waals surface area contributed by atoms with Crippen molar-refractivity contribution in [2.75, 3.05) is 5.32 Å². The predicted octanol–water partition coefficient (Wildman–Crippen LogP) is 2.91. The summed E-state index contributed by atoms with van der Waals surface area (Å²) < 4.78 is -0.945. The maximum absolute atomic E-state index is 11.9. The fourth-order valence-electron chi connectivity index (χ4n) is 1.51. The van der Waals surface area contributed by atoms with Gasteiger partial charge < -0.3 is 5.32 Å². The lowest BCUT2D eigenvalue weighted by molar-refractivity contribution is -0.120. The molecule has 1 atom stereocenters. The van der Waals surface area contributed by atoms with Crippen LogP contribution in [0.25, 0.3) is 0 Å². The second-order valence-electron chi connectivity index (χ2n) is 4.34. The molecule has 5 heteroatoms. The van der Waals surface area contributed by atoms with Gasteiger partial charge in [0, 0.05) is 6.20 Å². The van der Waals surface area contributed by atoms with Crippen molar-refractivity contribution in [3.63, 3.8) is 0 Å². The van der Waals surface area contributed by atoms with Crippen molar-refractivity contribution in [2.45, 2.75) is 24.6 Å². The van der Waals surface area contributed by atoms with Gasteiger partial charge in [0.2, 0.25) is 5.91 Å². The molecule has 0 spiro atoms. The van der Waals surface area contributed by atoms with E-state index in [4.69, 9.17) is 23.2 Å². The Morgan fingerprint density at radius 1 is 1.56 bits per heavy atom. The van der Waals surface area contributed by atoms with E-state index in [1.165, 1.54) is 0 Å². The molecule has 0 saturated heterocycles. The van der Waals surface area contributed by atoms with Crippen LogP contribution in [0.3, 0.4) is 0 Å². The van der Waals surface area contributed by atoms with E-state index in [9.17, 15) is 4.79 Å². The Morgan fingerprint density at radius 2 is 2.19 bits per heavy atom. The van der Waals surface area contributed by atoms with E-state index >= 15 is 0 Å². The third-order valence-corrected chi connectivity index (χ3v) is 4.10. The molecular weight excluding hydrogens is 247 g/mol. The van der Waals surface area contributed by atoms with Crippen molar-refractivity contribution in [3.8, 4) is 0 Å². The quantitative estimate of drug-likeness (QED) is 0.830. The Morgan fingerprint density at radius 3 is 2.69 bits per heavy atom. The standard InChI is InChI=1S/C11H12Cl2N2O/c1-7-4-3-5-14-8(7)15-9(16)10(2)6-11(10,12)13/h3-5H,6H2,1-2H3,(H,14,15,16). The topological polar surface area (TPSA) is 42.0 Å². The first-order chi connectivity index (χ1) is 7.37. The largest absolute Gasteiger partial charge is 0.310 e. The van der Waals surface area contributed by atoms with Crippen LogP contribution >= 0.6 is 23.2 Å². The van der Waals surface area contributed by atoms with Gasteiger partial charge in [-0.3, -0.25) is 4.79 Å². The zero-order chi connectivity index (χ0) is 12.0. The molecular formula is C11H12Cl2N2O. The number of amides is 1. The summed E-state index contributed by atoms with van der Waals surface area (Å²) in [6.07, 6.45) is 2.10. The number of alkyl halides is 2. The van der Waals surface area contributed by atoms with Crippen molar-refractivity contribution >= 4 is 34.9 Å². The van der Waals surface area contributed by atoms with Gasteiger partial charge in [-0.1, -0.05) is 6.07 Å². The fourth-order valence-corrected chi connectivity index (χ4v) is 2.21. The van der Waals surface area contributed by atoms with Gasteiger partial charge in [0.25, 0.3) is 0 Å². The normalized spacial score (nSPS) is 26.2. The number of nitrogens with zero attached hydrogens (tertiary/aromatic N) is 1. The summed E-state index contributed by atoms with van der Waals surface area (Å²) in [6.45, 7) is 3.63. The third kappa shape index (κ3) is 1.78. The number of rotatable bonds is 2. The summed E-state index contributed by atoms with van der Waals surface area (Å²) in [4.78, 5) is 16.0. The van der Waals surface area contributed by atoms with Crippen molar-refractivity contribution < 1.29 is 4.79 Å². The first kappa shape index (κ1) is 11.7. The number of hydrogen-bond donors (Lipinski definition) is 1. The Hall–Kier alpha value is -0.800. The number of pyridine rings is 1. The van der Waals surface area contributed by atoms with Gasteiger partial charge in [0.05, 0.1) is 5.41 Å². The van der Waals surface area contributed by atoms with Crippen LogP contribution in [0.15, 0.2) is 18.3 Å². The van der Waals surface area contributed by atoms with Gasteiger partial charge in [-0.25, -0.2) is 4.98 Å². The maximum Gasteiger partial charge on any atom is 0.234 e. The molecule has 1 heterocycles. The van der Waals surface area contributed by atoms with Gasteiger partial charge in [-0.05, 0) is 31.9 Å². The highest BCUT2D eigenvalue weighted by atomic mass is 35.5. The summed E-state index contributed by atoms with van der Waals surface area (Å²) in [5.74, 6) is 0.379. The van der Waals surface area contributed by atoms with Gasteiger partial charge in [-0.2, -0.15) is 0 Å². The molecule has 1 N–H and O–H groups in total. The lowest BCUT2D eigenvalue weighted by Crippen LogP contribution is -2.26. The first-order valence-electron chi connectivity index (χ1n) is 4.98. The number of anilines is 1. The molecule has 1 amide bonds. The number of carbonyl (C=O) groups excluding carboxylic acids is 1. The van der Waals surface area contributed by atoms with Crippen LogP contribution in [-0.2, 0) is 4.79 Å². The molecule has 2 rings (SSSR count). The summed E-state index contributed by atoms with van der Waals surface area (Å²) in [5.41, 5.74) is 0.204. The van der Waals surface area contributed by atoms with E-state index in [0.717, 1.165) is 5.56 Å². The Balaban J connectivity index is 2.13. The van der Waals surface area contributed by atoms with Crippen molar-refractivity contribution in [1.82, 2.24) is 4.98 Å². The van der Waals surface area contributed by atoms with Crippen molar-refractivity contribution in [1.29, 1.82) is 0 Å². The molecule has 0 aliphatic heterocycles. The predicted molar refractivity (Wildman–Crippen MR) is 64.8 cm³/mol. The van der Waals surface area contributed by atoms with Crippen LogP contribution in [0.2, 0.25) is 0 Å². The number of nitrogens with one attached hydrogen (secondary N) is 1. The monoisotopic (exact) mass is 258 g/mol. The van der Waals surface area contributed by atoms with Crippen LogP contribution in [0.4, 0.5) is 5.82 Å². The molecule has 1 saturated carbocycles. The van der Waals surface area contributed by atoms with E-state index in [1.807, 2.05) is 19.1 Å². The van der Waals surface area contributed by atoms with Crippen LogP contribution in [-0.4, -0.2) is 15.2 Å². The maximum atomic E-state index is 11.9. The average molecular weight is 259 g/mol. The molecule has 1 fully saturated rings. The number of hydrogen-bond acceptors (Lipinski definition) is 2. The number of aromatic nitrogens is 1. The summed E-state index contributed by atoms with van der Waals surface area (Å²) in [7, 11) is 0. The molecule has 1 unspecified atom stereocenters. The summed E-state index contributed by atoms with van der Waals surface area (Å²) in [5, 5.41) is 2.75. The summed E-state index contributed by atoms with van der Waals surface area (Å²) in [6, 6.07) is 3.70. The first-order valence-corrected chi connectivity index (χ1v) is 5.73. The van der Waals surface area contributed by atoms with E-state index in [0.29, 0.717) is 12.2 Å². The lowest BCUT2D eigenvalue weighted by atomic mass is 10.1. The number of aryl methyl sites for hydroxylation is 1. The van der Waals surface area contributed by atoms with E-state index < -0.39 is 9.75 Å². The van der Waals surface area contributed by atoms with Crippen LogP contribution < -0.4 is 5.32 Å². The van der Waals surface area contributed by atoms with Crippen LogP contribution in [0, 0.1) is 12.3 Å². The molecule has 0 aromatic carbocycles. The van der Waals surface area contributed by atoms with E-state index in [-0.39, 0.29) is 5.91 Å². The molecule has 1 aromatic rings. The molecule has 1 aliphatic carbocycles. The fraction of sp³-hybridized carbons (Fsp3) is 0.455. The molecule has 0 bridgehead atoms. The minimum Gasteiger partial charge on any atom is -0.310 e. The molecule has 0 radical (unpaired) electrons. The Kier molecular flexibility index (Phi) is 2.63. The average Bonchev–Trinajstić information content (AvgIpc) is 2.71. The van der Waals surface area contributed by atoms with Crippen LogP contribution in [0.5, 0.6) is 0 Å². The Labute approximate surface area is 104 Å². The lowest BCUT2D eigenvalue weighted by Gasteiger charge is -2.13. The van der Waals surface area contributed by atoms with E-state index in [2.05, 4.69) is 10.3 Å². The van der Waals surface area contributed by atoms with Crippen molar-refractivity contribution in [2.24, 2.45) is 5.41 Å². The molecule has 1 aromatic heterocycles. The third-order valence-electron chi connectivity index (χ3n) is 3.00. The molecule has 86 valence electrons. The second-order valence-corrected chi connectivity index (χ2v) is 5.82. The van der Waals surface area contributed by atoms with Gasteiger partial charge >= 0.3 is 0 Å². The molecule has 16 heavy (non-hydrogen) atoms. The highest BCUT2D eigenvalue weighted by molar-refractivity contribution is 6.53. The highest BCUT2D eigenvalue weighted by Crippen LogP contribution is 2.64. The van der Waals surface area contributed by atoms with Gasteiger partial charge in [0.15, 0.2) is 0 Å². The SMILES string of the molecule is Cc1cccnc1NC(=O)C1(C)CC1(Cl)Cl. The van der Waals surface area contributed by atoms with Gasteiger partial charge in [-0.15, -0.1) is 23.2 Å². The smallest absolute Gasteiger partial charge is 0.234 e. The zero-order valence-corrected chi connectivity index (χ0v) is 10.6. The highest BCUT2D eigenvalue weighted by Gasteiger charge is 2.67. The Bertz CT molecular complexity index is 447. The minimum atomic E-state index is -0.945. The number of carbonyl (C=O) groups is 1. The number of halogens is 2. The van der Waals surface area contributed by atoms with Crippen LogP contribution in [0.1, 0.15) is 18.9 Å². The van der Waals surface area contributed by atoms with Gasteiger partial charge in [0.1, 0.15) is 10.2 Å². The minimum absolute atomic E-state index is 0.181. The second kappa shape index (κ2) is 3.60. The summed E-state index contributed by atoms with van der Waals surface area (Å²) >= 11 is 11.9. The molecule has 3 nitrogen and oxygen atoms in total. The zero-order valence-electron chi connectivity index (χ0n) is 9.05. The van der Waals surface area contributed by atoms with E-state index in [1.54, 1.807) is 13.1 Å². The van der Waals surface area contributed by atoms with Crippen molar-refractivity contribution in [3.05, 3.63) is 23.9 Å². The molecule has 1 aliphatic rings.